The Bertz CT molecular complexity index is 552. The smallest absolute Gasteiger partial charge is 0.286 e. The molecule has 2 amide bonds. The number of carbonyl (C=O) groups is 2. The van der Waals surface area contributed by atoms with E-state index in [0.29, 0.717) is 25.2 Å². The second-order valence-corrected chi connectivity index (χ2v) is 4.06. The lowest BCUT2D eigenvalue weighted by Gasteiger charge is -2.05. The third-order valence-electron chi connectivity index (χ3n) is 2.57. The van der Waals surface area contributed by atoms with Gasteiger partial charge in [-0.3, -0.25) is 14.6 Å². The van der Waals surface area contributed by atoms with E-state index in [1.165, 1.54) is 6.26 Å². The number of nitrogens with zero attached hydrogens (tertiary/aromatic N) is 1. The molecule has 2 N–H and O–H groups in total. The Morgan fingerprint density at radius 2 is 1.85 bits per heavy atom. The van der Waals surface area contributed by atoms with Crippen LogP contribution in [0.15, 0.2) is 47.2 Å². The van der Waals surface area contributed by atoms with Crippen molar-refractivity contribution in [2.45, 2.75) is 6.42 Å². The Labute approximate surface area is 116 Å². The molecular formula is C14H15N3O3. The van der Waals surface area contributed by atoms with Crippen LogP contribution in [0.4, 0.5) is 0 Å². The second-order valence-electron chi connectivity index (χ2n) is 4.06. The predicted octanol–water partition coefficient (Wildman–Crippen LogP) is 1.22. The van der Waals surface area contributed by atoms with Gasteiger partial charge >= 0.3 is 0 Å². The molecular weight excluding hydrogens is 258 g/mol. The lowest BCUT2D eigenvalue weighted by Crippen LogP contribution is -2.30. The first kappa shape index (κ1) is 13.8. The van der Waals surface area contributed by atoms with Crippen LogP contribution in [-0.2, 0) is 0 Å². The summed E-state index contributed by atoms with van der Waals surface area (Å²) in [5.41, 5.74) is 0.382. The largest absolute Gasteiger partial charge is 0.459 e. The van der Waals surface area contributed by atoms with Crippen molar-refractivity contribution in [2.24, 2.45) is 0 Å². The fraction of sp³-hybridized carbons (Fsp3) is 0.214. The Morgan fingerprint density at radius 1 is 1.05 bits per heavy atom. The van der Waals surface area contributed by atoms with E-state index in [-0.39, 0.29) is 17.6 Å². The molecule has 6 nitrogen and oxygen atoms in total. The highest BCUT2D eigenvalue weighted by Crippen LogP contribution is 1.98. The summed E-state index contributed by atoms with van der Waals surface area (Å²) in [5.74, 6) is -0.198. The van der Waals surface area contributed by atoms with Gasteiger partial charge in [-0.25, -0.2) is 0 Å². The summed E-state index contributed by atoms with van der Waals surface area (Å²) in [6.45, 7) is 0.926. The summed E-state index contributed by atoms with van der Waals surface area (Å²) in [6, 6.07) is 8.40. The quantitative estimate of drug-likeness (QED) is 0.775. The first-order valence-electron chi connectivity index (χ1n) is 6.28. The van der Waals surface area contributed by atoms with Crippen molar-refractivity contribution in [2.75, 3.05) is 13.1 Å². The number of rotatable bonds is 6. The average Bonchev–Trinajstić information content (AvgIpc) is 3.01. The predicted molar refractivity (Wildman–Crippen MR) is 72.2 cm³/mol. The molecule has 0 saturated carbocycles. The third kappa shape index (κ3) is 3.94. The van der Waals surface area contributed by atoms with Gasteiger partial charge in [0.2, 0.25) is 0 Å². The number of hydrogen-bond acceptors (Lipinski definition) is 4. The molecule has 0 unspecified atom stereocenters. The summed E-state index contributed by atoms with van der Waals surface area (Å²) >= 11 is 0. The molecule has 0 spiro atoms. The van der Waals surface area contributed by atoms with Gasteiger partial charge in [0.1, 0.15) is 5.69 Å². The normalized spacial score (nSPS) is 10.0. The minimum atomic E-state index is -0.258. The van der Waals surface area contributed by atoms with Crippen molar-refractivity contribution in [1.82, 2.24) is 15.6 Å². The van der Waals surface area contributed by atoms with Gasteiger partial charge in [-0.05, 0) is 30.7 Å². The van der Waals surface area contributed by atoms with Gasteiger partial charge in [0.15, 0.2) is 5.76 Å². The Balaban J connectivity index is 1.62. The SMILES string of the molecule is O=C(NCCCNC(=O)c1ccco1)c1ccccn1. The standard InChI is InChI=1S/C14H15N3O3/c18-13(11-5-1-2-7-15-11)16-8-4-9-17-14(19)12-6-3-10-20-12/h1-3,5-7,10H,4,8-9H2,(H,16,18)(H,17,19). The molecule has 2 heterocycles. The van der Waals surface area contributed by atoms with E-state index in [1.807, 2.05) is 0 Å². The maximum Gasteiger partial charge on any atom is 0.286 e. The van der Waals surface area contributed by atoms with Crippen LogP contribution in [0.5, 0.6) is 0 Å². The van der Waals surface area contributed by atoms with Crippen LogP contribution in [-0.4, -0.2) is 29.9 Å². The topological polar surface area (TPSA) is 84.2 Å². The lowest BCUT2D eigenvalue weighted by molar-refractivity contribution is 0.0925. The highest BCUT2D eigenvalue weighted by atomic mass is 16.3. The monoisotopic (exact) mass is 273 g/mol. The van der Waals surface area contributed by atoms with Crippen molar-refractivity contribution in [1.29, 1.82) is 0 Å². The van der Waals surface area contributed by atoms with Crippen molar-refractivity contribution in [3.63, 3.8) is 0 Å². The molecule has 0 atom stereocenters. The fourth-order valence-electron chi connectivity index (χ4n) is 1.57. The van der Waals surface area contributed by atoms with Crippen LogP contribution in [0.2, 0.25) is 0 Å². The Morgan fingerprint density at radius 3 is 2.50 bits per heavy atom. The van der Waals surface area contributed by atoms with E-state index in [1.54, 1.807) is 36.5 Å². The first-order valence-corrected chi connectivity index (χ1v) is 6.28. The molecule has 104 valence electrons. The molecule has 2 aromatic heterocycles. The first-order chi connectivity index (χ1) is 9.77. The van der Waals surface area contributed by atoms with Crippen LogP contribution in [0, 0.1) is 0 Å². The Kier molecular flexibility index (Phi) is 4.88. The minimum absolute atomic E-state index is 0.219. The van der Waals surface area contributed by atoms with E-state index in [2.05, 4.69) is 15.6 Å². The van der Waals surface area contributed by atoms with Crippen molar-refractivity contribution < 1.29 is 14.0 Å². The zero-order valence-corrected chi connectivity index (χ0v) is 10.8. The molecule has 0 bridgehead atoms. The van der Waals surface area contributed by atoms with E-state index in [4.69, 9.17) is 4.42 Å². The molecule has 0 fully saturated rings. The van der Waals surface area contributed by atoms with E-state index >= 15 is 0 Å². The third-order valence-corrected chi connectivity index (χ3v) is 2.57. The molecule has 2 rings (SSSR count). The summed E-state index contributed by atoms with van der Waals surface area (Å²) in [5, 5.41) is 5.43. The highest BCUT2D eigenvalue weighted by Gasteiger charge is 2.07. The van der Waals surface area contributed by atoms with Crippen molar-refractivity contribution >= 4 is 11.8 Å². The van der Waals surface area contributed by atoms with Gasteiger partial charge in [-0.15, -0.1) is 0 Å². The van der Waals surface area contributed by atoms with Crippen LogP contribution in [0.3, 0.4) is 0 Å². The molecule has 0 aliphatic carbocycles. The number of aromatic nitrogens is 1. The molecule has 0 radical (unpaired) electrons. The van der Waals surface area contributed by atoms with Gasteiger partial charge < -0.3 is 15.1 Å². The maximum atomic E-state index is 11.7. The number of amides is 2. The molecule has 6 heteroatoms. The van der Waals surface area contributed by atoms with Crippen molar-refractivity contribution in [3.05, 3.63) is 54.2 Å². The summed E-state index contributed by atoms with van der Waals surface area (Å²) < 4.78 is 4.96. The van der Waals surface area contributed by atoms with Gasteiger partial charge in [-0.1, -0.05) is 6.07 Å². The van der Waals surface area contributed by atoms with Gasteiger partial charge in [0.05, 0.1) is 6.26 Å². The molecule has 0 aliphatic heterocycles. The average molecular weight is 273 g/mol. The van der Waals surface area contributed by atoms with Crippen LogP contribution < -0.4 is 10.6 Å². The van der Waals surface area contributed by atoms with E-state index < -0.39 is 0 Å². The van der Waals surface area contributed by atoms with Crippen LogP contribution in [0.25, 0.3) is 0 Å². The maximum absolute atomic E-state index is 11.7. The fourth-order valence-corrected chi connectivity index (χ4v) is 1.57. The summed E-state index contributed by atoms with van der Waals surface area (Å²) in [4.78, 5) is 27.1. The van der Waals surface area contributed by atoms with Gasteiger partial charge in [0, 0.05) is 19.3 Å². The lowest BCUT2D eigenvalue weighted by atomic mass is 10.3. The highest BCUT2D eigenvalue weighted by molar-refractivity contribution is 5.92. The number of furan rings is 1. The minimum Gasteiger partial charge on any atom is -0.459 e. The van der Waals surface area contributed by atoms with Crippen LogP contribution in [0.1, 0.15) is 27.5 Å². The molecule has 20 heavy (non-hydrogen) atoms. The second kappa shape index (κ2) is 7.08. The molecule has 0 saturated heterocycles. The van der Waals surface area contributed by atoms with Gasteiger partial charge in [0.25, 0.3) is 11.8 Å². The zero-order chi connectivity index (χ0) is 14.2. The molecule has 0 aliphatic rings. The number of nitrogens with one attached hydrogen (secondary N) is 2. The zero-order valence-electron chi connectivity index (χ0n) is 10.8. The molecule has 0 aromatic carbocycles. The van der Waals surface area contributed by atoms with E-state index in [9.17, 15) is 9.59 Å². The molecule has 2 aromatic rings. The summed E-state index contributed by atoms with van der Waals surface area (Å²) in [6.07, 6.45) is 3.64. The van der Waals surface area contributed by atoms with Gasteiger partial charge in [-0.2, -0.15) is 0 Å². The van der Waals surface area contributed by atoms with E-state index in [0.717, 1.165) is 0 Å². The number of carbonyl (C=O) groups excluding carboxylic acids is 2. The number of hydrogen-bond donors (Lipinski definition) is 2. The number of pyridine rings is 1. The Hall–Kier alpha value is -2.63. The summed E-state index contributed by atoms with van der Waals surface area (Å²) in [7, 11) is 0. The van der Waals surface area contributed by atoms with Crippen molar-refractivity contribution in [3.8, 4) is 0 Å². The van der Waals surface area contributed by atoms with Crippen LogP contribution >= 0.6 is 0 Å².